The van der Waals surface area contributed by atoms with Crippen LogP contribution in [0.1, 0.15) is 36.2 Å². The molecule has 0 bridgehead atoms. The Balaban J connectivity index is 1.68. The Morgan fingerprint density at radius 2 is 1.81 bits per heavy atom. The number of benzene rings is 2. The number of rotatable bonds is 3. The third-order valence-electron chi connectivity index (χ3n) is 4.73. The van der Waals surface area contributed by atoms with Crippen molar-refractivity contribution in [3.05, 3.63) is 82.6 Å². The van der Waals surface area contributed by atoms with E-state index in [0.717, 1.165) is 28.2 Å². The van der Waals surface area contributed by atoms with E-state index in [1.807, 2.05) is 72.4 Å². The first-order valence-electron chi connectivity index (χ1n) is 8.78. The summed E-state index contributed by atoms with van der Waals surface area (Å²) in [4.78, 5) is 12.2. The molecule has 1 unspecified atom stereocenters. The lowest BCUT2D eigenvalue weighted by atomic mass is 9.99. The van der Waals surface area contributed by atoms with Gasteiger partial charge in [0.15, 0.2) is 0 Å². The van der Waals surface area contributed by atoms with Crippen molar-refractivity contribution in [2.24, 2.45) is 5.10 Å². The molecule has 2 aromatic carbocycles. The van der Waals surface area contributed by atoms with Gasteiger partial charge < -0.3 is 0 Å². The topological polar surface area (TPSA) is 50.5 Å². The number of hydrazone groups is 1. The SMILES string of the molecule is CC(=O)N1N=C(c2ccc(Cl)cc2)CC1c1cn(-c2ccccc2)nc1C. The number of hydrogen-bond acceptors (Lipinski definition) is 3. The van der Waals surface area contributed by atoms with Gasteiger partial charge in [-0.05, 0) is 36.8 Å². The van der Waals surface area contributed by atoms with Gasteiger partial charge >= 0.3 is 0 Å². The van der Waals surface area contributed by atoms with Gasteiger partial charge in [-0.1, -0.05) is 41.9 Å². The number of para-hydroxylation sites is 1. The summed E-state index contributed by atoms with van der Waals surface area (Å²) in [6, 6.07) is 17.3. The van der Waals surface area contributed by atoms with Gasteiger partial charge in [0.1, 0.15) is 0 Å². The molecule has 0 spiro atoms. The number of hydrogen-bond donors (Lipinski definition) is 0. The second-order valence-corrected chi connectivity index (χ2v) is 7.02. The maximum absolute atomic E-state index is 12.2. The number of carbonyl (C=O) groups is 1. The molecule has 27 heavy (non-hydrogen) atoms. The predicted molar refractivity (Wildman–Crippen MR) is 106 cm³/mol. The molecule has 3 aromatic rings. The number of aryl methyl sites for hydroxylation is 1. The normalized spacial score (nSPS) is 16.5. The average molecular weight is 379 g/mol. The highest BCUT2D eigenvalue weighted by atomic mass is 35.5. The molecule has 1 amide bonds. The lowest BCUT2D eigenvalue weighted by Gasteiger charge is -2.19. The highest BCUT2D eigenvalue weighted by molar-refractivity contribution is 6.30. The molecular weight excluding hydrogens is 360 g/mol. The molecular formula is C21H19ClN4O. The smallest absolute Gasteiger partial charge is 0.240 e. The lowest BCUT2D eigenvalue weighted by molar-refractivity contribution is -0.130. The summed E-state index contributed by atoms with van der Waals surface area (Å²) < 4.78 is 1.85. The van der Waals surface area contributed by atoms with Crippen LogP contribution in [0.15, 0.2) is 65.9 Å². The Morgan fingerprint density at radius 3 is 2.48 bits per heavy atom. The van der Waals surface area contributed by atoms with Gasteiger partial charge in [0.2, 0.25) is 5.91 Å². The van der Waals surface area contributed by atoms with Crippen LogP contribution in [-0.2, 0) is 4.79 Å². The molecule has 1 aliphatic rings. The Kier molecular flexibility index (Phi) is 4.54. The summed E-state index contributed by atoms with van der Waals surface area (Å²) in [5.74, 6) is -0.0872. The molecule has 0 fully saturated rings. The summed E-state index contributed by atoms with van der Waals surface area (Å²) in [5, 5.41) is 11.5. The Bertz CT molecular complexity index is 1010. The van der Waals surface area contributed by atoms with Crippen molar-refractivity contribution in [1.29, 1.82) is 0 Å². The molecule has 1 aliphatic heterocycles. The van der Waals surface area contributed by atoms with Gasteiger partial charge in [-0.15, -0.1) is 0 Å². The summed E-state index contributed by atoms with van der Waals surface area (Å²) in [7, 11) is 0. The van der Waals surface area contributed by atoms with E-state index >= 15 is 0 Å². The van der Waals surface area contributed by atoms with E-state index in [2.05, 4.69) is 10.2 Å². The first-order chi connectivity index (χ1) is 13.0. The Morgan fingerprint density at radius 1 is 1.11 bits per heavy atom. The minimum Gasteiger partial charge on any atom is -0.273 e. The van der Waals surface area contributed by atoms with E-state index in [1.54, 1.807) is 5.01 Å². The van der Waals surface area contributed by atoms with Gasteiger partial charge in [-0.3, -0.25) is 4.79 Å². The van der Waals surface area contributed by atoms with Crippen LogP contribution >= 0.6 is 11.6 Å². The zero-order valence-corrected chi connectivity index (χ0v) is 15.9. The van der Waals surface area contributed by atoms with E-state index in [4.69, 9.17) is 11.6 Å². The fraction of sp³-hybridized carbons (Fsp3) is 0.190. The molecule has 0 N–H and O–H groups in total. The van der Waals surface area contributed by atoms with Crippen LogP contribution in [0, 0.1) is 6.92 Å². The number of carbonyl (C=O) groups excluding carboxylic acids is 1. The zero-order chi connectivity index (χ0) is 19.0. The number of amides is 1. The molecule has 4 rings (SSSR count). The van der Waals surface area contributed by atoms with Gasteiger partial charge in [0, 0.05) is 30.1 Å². The van der Waals surface area contributed by atoms with E-state index in [1.165, 1.54) is 6.92 Å². The summed E-state index contributed by atoms with van der Waals surface area (Å²) in [5.41, 5.74) is 4.72. The molecule has 6 heteroatoms. The molecule has 0 radical (unpaired) electrons. The largest absolute Gasteiger partial charge is 0.273 e. The van der Waals surface area contributed by atoms with Crippen molar-refractivity contribution in [3.63, 3.8) is 0 Å². The third kappa shape index (κ3) is 3.38. The number of halogens is 1. The van der Waals surface area contributed by atoms with E-state index < -0.39 is 0 Å². The highest BCUT2D eigenvalue weighted by Crippen LogP contribution is 2.34. The van der Waals surface area contributed by atoms with Crippen LogP contribution in [0.4, 0.5) is 0 Å². The maximum Gasteiger partial charge on any atom is 0.240 e. The second-order valence-electron chi connectivity index (χ2n) is 6.59. The number of nitrogens with zero attached hydrogens (tertiary/aromatic N) is 4. The molecule has 2 heterocycles. The van der Waals surface area contributed by atoms with Crippen LogP contribution in [0.2, 0.25) is 5.02 Å². The van der Waals surface area contributed by atoms with Crippen molar-refractivity contribution in [2.75, 3.05) is 0 Å². The summed E-state index contributed by atoms with van der Waals surface area (Å²) in [6.07, 6.45) is 2.63. The molecule has 1 aromatic heterocycles. The van der Waals surface area contributed by atoms with Crippen LogP contribution in [0.3, 0.4) is 0 Å². The second kappa shape index (κ2) is 7.00. The molecule has 136 valence electrons. The molecule has 0 aliphatic carbocycles. The number of aromatic nitrogens is 2. The maximum atomic E-state index is 12.2. The third-order valence-corrected chi connectivity index (χ3v) is 4.98. The van der Waals surface area contributed by atoms with Crippen LogP contribution < -0.4 is 0 Å². The Hall–Kier alpha value is -2.92. The average Bonchev–Trinajstić information content (AvgIpc) is 3.27. The molecule has 0 saturated carbocycles. The zero-order valence-electron chi connectivity index (χ0n) is 15.1. The monoisotopic (exact) mass is 378 g/mol. The van der Waals surface area contributed by atoms with Crippen LogP contribution in [0.25, 0.3) is 5.69 Å². The minimum atomic E-state index is -0.161. The van der Waals surface area contributed by atoms with Gasteiger partial charge in [-0.25, -0.2) is 9.69 Å². The van der Waals surface area contributed by atoms with Crippen LogP contribution in [0.5, 0.6) is 0 Å². The van der Waals surface area contributed by atoms with Crippen molar-refractivity contribution in [3.8, 4) is 5.69 Å². The first kappa shape index (κ1) is 17.5. The van der Waals surface area contributed by atoms with E-state index in [0.29, 0.717) is 11.4 Å². The van der Waals surface area contributed by atoms with Crippen molar-refractivity contribution < 1.29 is 4.79 Å². The van der Waals surface area contributed by atoms with Crippen LogP contribution in [-0.4, -0.2) is 26.4 Å². The quantitative estimate of drug-likeness (QED) is 0.672. The van der Waals surface area contributed by atoms with Crippen molar-refractivity contribution in [1.82, 2.24) is 14.8 Å². The Labute approximate surface area is 162 Å². The summed E-state index contributed by atoms with van der Waals surface area (Å²) >= 11 is 5.99. The van der Waals surface area contributed by atoms with Gasteiger partial charge in [-0.2, -0.15) is 10.2 Å². The summed E-state index contributed by atoms with van der Waals surface area (Å²) in [6.45, 7) is 3.51. The minimum absolute atomic E-state index is 0.0872. The van der Waals surface area contributed by atoms with Crippen molar-refractivity contribution in [2.45, 2.75) is 26.3 Å². The fourth-order valence-electron chi connectivity index (χ4n) is 3.37. The standard InChI is InChI=1S/C21H19ClN4O/c1-14-19(13-25(23-14)18-6-4-3-5-7-18)21-12-20(24-26(21)15(2)27)16-8-10-17(22)11-9-16/h3-11,13,21H,12H2,1-2H3. The first-order valence-corrected chi connectivity index (χ1v) is 9.15. The molecule has 0 saturated heterocycles. The molecule has 5 nitrogen and oxygen atoms in total. The van der Waals surface area contributed by atoms with E-state index in [-0.39, 0.29) is 11.9 Å². The fourth-order valence-corrected chi connectivity index (χ4v) is 3.50. The molecule has 1 atom stereocenters. The predicted octanol–water partition coefficient (Wildman–Crippen LogP) is 4.53. The van der Waals surface area contributed by atoms with E-state index in [9.17, 15) is 4.79 Å². The van der Waals surface area contributed by atoms with Gasteiger partial charge in [0.25, 0.3) is 0 Å². The lowest BCUT2D eigenvalue weighted by Crippen LogP contribution is -2.24. The van der Waals surface area contributed by atoms with Gasteiger partial charge in [0.05, 0.1) is 23.1 Å². The van der Waals surface area contributed by atoms with Crippen molar-refractivity contribution >= 4 is 23.2 Å². The highest BCUT2D eigenvalue weighted by Gasteiger charge is 2.33.